The third kappa shape index (κ3) is 4.18. The Morgan fingerprint density at radius 2 is 1.76 bits per heavy atom. The van der Waals surface area contributed by atoms with Crippen LogP contribution in [-0.2, 0) is 16.1 Å². The molecule has 0 heterocycles. The van der Waals surface area contributed by atoms with Gasteiger partial charge in [0, 0.05) is 19.3 Å². The van der Waals surface area contributed by atoms with Gasteiger partial charge in [-0.1, -0.05) is 30.3 Å². The van der Waals surface area contributed by atoms with Gasteiger partial charge in [-0.3, -0.25) is 9.59 Å². The largest absolute Gasteiger partial charge is 0.497 e. The standard InChI is InChI=1S/C20H22N2O3/c1-22(13-14-6-4-3-5-7-14)20(24)18-12-17(18)19(23)21-15-8-10-16(25-2)11-9-15/h3-11,17-18H,12-13H2,1-2H3,(H,21,23). The minimum Gasteiger partial charge on any atom is -0.497 e. The lowest BCUT2D eigenvalue weighted by molar-refractivity contribution is -0.133. The fourth-order valence-corrected chi connectivity index (χ4v) is 2.89. The third-order valence-corrected chi connectivity index (χ3v) is 4.44. The molecule has 1 N–H and O–H groups in total. The summed E-state index contributed by atoms with van der Waals surface area (Å²) in [7, 11) is 3.38. The van der Waals surface area contributed by atoms with E-state index in [2.05, 4.69) is 5.32 Å². The maximum atomic E-state index is 12.5. The molecule has 0 bridgehead atoms. The van der Waals surface area contributed by atoms with E-state index in [1.54, 1.807) is 43.3 Å². The van der Waals surface area contributed by atoms with Gasteiger partial charge >= 0.3 is 0 Å². The molecule has 130 valence electrons. The topological polar surface area (TPSA) is 58.6 Å². The van der Waals surface area contributed by atoms with Crippen molar-refractivity contribution >= 4 is 17.5 Å². The van der Waals surface area contributed by atoms with E-state index in [9.17, 15) is 9.59 Å². The van der Waals surface area contributed by atoms with Crippen LogP contribution in [-0.4, -0.2) is 30.9 Å². The zero-order valence-corrected chi connectivity index (χ0v) is 14.4. The molecule has 2 aromatic carbocycles. The van der Waals surface area contributed by atoms with Crippen LogP contribution in [0.1, 0.15) is 12.0 Å². The molecule has 2 unspecified atom stereocenters. The predicted octanol–water partition coefficient (Wildman–Crippen LogP) is 2.93. The van der Waals surface area contributed by atoms with Gasteiger partial charge in [0.15, 0.2) is 0 Å². The highest BCUT2D eigenvalue weighted by Gasteiger charge is 2.49. The molecule has 0 radical (unpaired) electrons. The number of hydrogen-bond acceptors (Lipinski definition) is 3. The van der Waals surface area contributed by atoms with Crippen LogP contribution in [0.4, 0.5) is 5.69 Å². The maximum Gasteiger partial charge on any atom is 0.228 e. The summed E-state index contributed by atoms with van der Waals surface area (Å²) in [6.45, 7) is 0.559. The lowest BCUT2D eigenvalue weighted by Gasteiger charge is -2.17. The van der Waals surface area contributed by atoms with Gasteiger partial charge < -0.3 is 15.0 Å². The molecular formula is C20H22N2O3. The quantitative estimate of drug-likeness (QED) is 0.881. The Labute approximate surface area is 147 Å². The van der Waals surface area contributed by atoms with E-state index in [0.29, 0.717) is 18.7 Å². The van der Waals surface area contributed by atoms with Gasteiger partial charge in [-0.2, -0.15) is 0 Å². The van der Waals surface area contributed by atoms with Crippen LogP contribution in [0.3, 0.4) is 0 Å². The Morgan fingerprint density at radius 1 is 1.08 bits per heavy atom. The Balaban J connectivity index is 1.52. The number of ether oxygens (including phenoxy) is 1. The number of methoxy groups -OCH3 is 1. The SMILES string of the molecule is COc1ccc(NC(=O)C2CC2C(=O)N(C)Cc2ccccc2)cc1. The van der Waals surface area contributed by atoms with E-state index in [-0.39, 0.29) is 23.7 Å². The summed E-state index contributed by atoms with van der Waals surface area (Å²) in [4.78, 5) is 26.5. The first kappa shape index (κ1) is 17.0. The first-order valence-electron chi connectivity index (χ1n) is 8.32. The van der Waals surface area contributed by atoms with Crippen molar-refractivity contribution in [3.8, 4) is 5.75 Å². The summed E-state index contributed by atoms with van der Waals surface area (Å²) < 4.78 is 5.09. The molecule has 3 rings (SSSR count). The molecule has 0 saturated heterocycles. The first-order chi connectivity index (χ1) is 12.1. The second-order valence-corrected chi connectivity index (χ2v) is 6.35. The van der Waals surface area contributed by atoms with Crippen LogP contribution < -0.4 is 10.1 Å². The zero-order valence-electron chi connectivity index (χ0n) is 14.4. The number of nitrogens with one attached hydrogen (secondary N) is 1. The molecule has 1 aliphatic carbocycles. The average Bonchev–Trinajstić information content (AvgIpc) is 3.43. The highest BCUT2D eigenvalue weighted by Crippen LogP contribution is 2.40. The fourth-order valence-electron chi connectivity index (χ4n) is 2.89. The van der Waals surface area contributed by atoms with E-state index in [4.69, 9.17) is 4.74 Å². The molecule has 0 aliphatic heterocycles. The van der Waals surface area contributed by atoms with Crippen molar-refractivity contribution in [2.75, 3.05) is 19.5 Å². The van der Waals surface area contributed by atoms with Gasteiger partial charge in [0.05, 0.1) is 18.9 Å². The lowest BCUT2D eigenvalue weighted by atomic mass is 10.2. The van der Waals surface area contributed by atoms with Crippen molar-refractivity contribution in [3.63, 3.8) is 0 Å². The summed E-state index contributed by atoms with van der Waals surface area (Å²) in [5, 5.41) is 2.86. The third-order valence-electron chi connectivity index (χ3n) is 4.44. The van der Waals surface area contributed by atoms with Crippen LogP contribution in [0, 0.1) is 11.8 Å². The summed E-state index contributed by atoms with van der Waals surface area (Å²) >= 11 is 0. The van der Waals surface area contributed by atoms with E-state index < -0.39 is 0 Å². The molecule has 1 saturated carbocycles. The van der Waals surface area contributed by atoms with Crippen LogP contribution in [0.25, 0.3) is 0 Å². The molecule has 5 nitrogen and oxygen atoms in total. The summed E-state index contributed by atoms with van der Waals surface area (Å²) in [5.41, 5.74) is 1.79. The smallest absolute Gasteiger partial charge is 0.228 e. The van der Waals surface area contributed by atoms with Crippen molar-refractivity contribution in [1.82, 2.24) is 4.90 Å². The van der Waals surface area contributed by atoms with Gasteiger partial charge in [0.2, 0.25) is 11.8 Å². The maximum absolute atomic E-state index is 12.5. The summed E-state index contributed by atoms with van der Waals surface area (Å²) in [5.74, 6) is 0.204. The number of nitrogens with zero attached hydrogens (tertiary/aromatic N) is 1. The normalized spacial score (nSPS) is 18.3. The number of benzene rings is 2. The molecule has 0 aromatic heterocycles. The molecule has 2 amide bonds. The summed E-state index contributed by atoms with van der Waals surface area (Å²) in [6, 6.07) is 17.0. The van der Waals surface area contributed by atoms with Gasteiger partial charge in [-0.25, -0.2) is 0 Å². The number of anilines is 1. The Kier molecular flexibility index (Phi) is 5.03. The second-order valence-electron chi connectivity index (χ2n) is 6.35. The second kappa shape index (κ2) is 7.38. The van der Waals surface area contributed by atoms with Crippen molar-refractivity contribution < 1.29 is 14.3 Å². The number of carbonyl (C=O) groups excluding carboxylic acids is 2. The highest BCUT2D eigenvalue weighted by atomic mass is 16.5. The molecule has 25 heavy (non-hydrogen) atoms. The summed E-state index contributed by atoms with van der Waals surface area (Å²) in [6.07, 6.45) is 0.611. The molecule has 1 fully saturated rings. The van der Waals surface area contributed by atoms with E-state index in [0.717, 1.165) is 11.3 Å². The number of carbonyl (C=O) groups is 2. The van der Waals surface area contributed by atoms with Gasteiger partial charge in [0.1, 0.15) is 5.75 Å². The van der Waals surface area contributed by atoms with Gasteiger partial charge in [-0.15, -0.1) is 0 Å². The van der Waals surface area contributed by atoms with Gasteiger partial charge in [0.25, 0.3) is 0 Å². The molecule has 0 spiro atoms. The van der Waals surface area contributed by atoms with E-state index in [1.807, 2.05) is 30.3 Å². The molecular weight excluding hydrogens is 316 g/mol. The lowest BCUT2D eigenvalue weighted by Crippen LogP contribution is -2.29. The van der Waals surface area contributed by atoms with Crippen LogP contribution in [0.15, 0.2) is 54.6 Å². The van der Waals surface area contributed by atoms with Crippen LogP contribution in [0.5, 0.6) is 5.75 Å². The van der Waals surface area contributed by atoms with E-state index >= 15 is 0 Å². The zero-order chi connectivity index (χ0) is 17.8. The van der Waals surface area contributed by atoms with Crippen LogP contribution in [0.2, 0.25) is 0 Å². The van der Waals surface area contributed by atoms with Crippen molar-refractivity contribution in [2.24, 2.45) is 11.8 Å². The van der Waals surface area contributed by atoms with Crippen LogP contribution >= 0.6 is 0 Å². The Morgan fingerprint density at radius 3 is 2.40 bits per heavy atom. The minimum atomic E-state index is -0.243. The van der Waals surface area contributed by atoms with Gasteiger partial charge in [-0.05, 0) is 36.2 Å². The highest BCUT2D eigenvalue weighted by molar-refractivity contribution is 5.99. The Hall–Kier alpha value is -2.82. The van der Waals surface area contributed by atoms with Crippen molar-refractivity contribution in [3.05, 3.63) is 60.2 Å². The van der Waals surface area contributed by atoms with E-state index in [1.165, 1.54) is 0 Å². The Bertz CT molecular complexity index is 743. The molecule has 5 heteroatoms. The first-order valence-corrected chi connectivity index (χ1v) is 8.32. The number of rotatable bonds is 6. The monoisotopic (exact) mass is 338 g/mol. The minimum absolute atomic E-state index is 0.0266. The van der Waals surface area contributed by atoms with Crippen molar-refractivity contribution in [2.45, 2.75) is 13.0 Å². The average molecular weight is 338 g/mol. The molecule has 2 aromatic rings. The number of hydrogen-bond donors (Lipinski definition) is 1. The molecule has 1 aliphatic rings. The predicted molar refractivity (Wildman–Crippen MR) is 96.1 cm³/mol. The number of amides is 2. The molecule has 2 atom stereocenters. The van der Waals surface area contributed by atoms with Crippen molar-refractivity contribution in [1.29, 1.82) is 0 Å². The fraction of sp³-hybridized carbons (Fsp3) is 0.300.